The van der Waals surface area contributed by atoms with Crippen LogP contribution in [0.25, 0.3) is 21.5 Å². The third kappa shape index (κ3) is 4.66. The molecule has 0 saturated carbocycles. The lowest BCUT2D eigenvalue weighted by Gasteiger charge is -2.10. The van der Waals surface area contributed by atoms with Crippen LogP contribution in [0, 0.1) is 18.3 Å². The molecule has 0 atom stereocenters. The van der Waals surface area contributed by atoms with E-state index in [2.05, 4.69) is 18.0 Å². The van der Waals surface area contributed by atoms with Crippen molar-refractivity contribution >= 4 is 55.6 Å². The molecular weight excluding hydrogens is 513 g/mol. The lowest BCUT2D eigenvalue weighted by Crippen LogP contribution is -2.23. The summed E-state index contributed by atoms with van der Waals surface area (Å²) < 4.78 is 7.28. The molecule has 0 bridgehead atoms. The van der Waals surface area contributed by atoms with Crippen molar-refractivity contribution in [1.82, 2.24) is 9.55 Å². The van der Waals surface area contributed by atoms with E-state index >= 15 is 0 Å². The fourth-order valence-corrected chi connectivity index (χ4v) is 7.44. The molecule has 0 radical (unpaired) electrons. The maximum atomic E-state index is 13.5. The zero-order valence-electron chi connectivity index (χ0n) is 19.8. The average molecular weight is 537 g/mol. The van der Waals surface area contributed by atoms with Crippen LogP contribution in [0.15, 0.2) is 44.5 Å². The maximum Gasteiger partial charge on any atom is 0.263 e. The number of carbonyl (C=O) groups excluding carboxylic acids is 1. The van der Waals surface area contributed by atoms with Gasteiger partial charge in [0.15, 0.2) is 5.16 Å². The Hall–Kier alpha value is -3.13. The zero-order valence-corrected chi connectivity index (χ0v) is 22.2. The van der Waals surface area contributed by atoms with E-state index in [1.54, 1.807) is 6.08 Å². The average Bonchev–Trinajstić information content (AvgIpc) is 3.52. The van der Waals surface area contributed by atoms with Gasteiger partial charge < -0.3 is 9.73 Å². The molecule has 0 aliphatic heterocycles. The van der Waals surface area contributed by atoms with Gasteiger partial charge in [-0.25, -0.2) is 4.98 Å². The van der Waals surface area contributed by atoms with Gasteiger partial charge in [0, 0.05) is 22.4 Å². The van der Waals surface area contributed by atoms with Gasteiger partial charge in [-0.15, -0.1) is 29.3 Å². The van der Waals surface area contributed by atoms with Crippen LogP contribution >= 0.6 is 34.4 Å². The number of aryl methyl sites for hydroxylation is 2. The number of hydrogen-bond acceptors (Lipinski definition) is 8. The van der Waals surface area contributed by atoms with E-state index in [1.807, 2.05) is 24.4 Å². The molecule has 0 spiro atoms. The Morgan fingerprint density at radius 1 is 1.36 bits per heavy atom. The molecule has 1 amide bonds. The van der Waals surface area contributed by atoms with Gasteiger partial charge in [-0.1, -0.05) is 24.3 Å². The Morgan fingerprint density at radius 3 is 2.94 bits per heavy atom. The Balaban J connectivity index is 1.39. The molecule has 0 fully saturated rings. The molecule has 1 N–H and O–H groups in total. The van der Waals surface area contributed by atoms with Crippen molar-refractivity contribution in [3.63, 3.8) is 0 Å². The summed E-state index contributed by atoms with van der Waals surface area (Å²) in [5, 5.41) is 16.1. The van der Waals surface area contributed by atoms with Crippen molar-refractivity contribution in [2.75, 3.05) is 11.1 Å². The van der Waals surface area contributed by atoms with Gasteiger partial charge in [0.25, 0.3) is 5.56 Å². The quantitative estimate of drug-likeness (QED) is 0.132. The number of fused-ring (bicyclic) bond motifs is 2. The summed E-state index contributed by atoms with van der Waals surface area (Å²) in [7, 11) is 0. The van der Waals surface area contributed by atoms with Gasteiger partial charge in [-0.3, -0.25) is 14.2 Å². The molecule has 5 rings (SSSR count). The lowest BCUT2D eigenvalue weighted by atomic mass is 10.1. The number of thioether (sulfide) groups is 1. The Bertz CT molecular complexity index is 1570. The van der Waals surface area contributed by atoms with Gasteiger partial charge in [-0.2, -0.15) is 5.26 Å². The lowest BCUT2D eigenvalue weighted by molar-refractivity contribution is -0.113. The number of aromatic nitrogens is 2. The number of amides is 1. The van der Waals surface area contributed by atoms with E-state index in [1.165, 1.54) is 50.3 Å². The minimum atomic E-state index is -0.231. The summed E-state index contributed by atoms with van der Waals surface area (Å²) in [6.07, 6.45) is 6.83. The summed E-state index contributed by atoms with van der Waals surface area (Å²) in [6, 6.07) is 6.00. The van der Waals surface area contributed by atoms with E-state index in [0.29, 0.717) is 37.3 Å². The standard InChI is InChI=1S/C26H24N4O3S3/c1-3-11-30-25(32)22-18(19-10-9-15(2)33-19)13-34-24(22)29-26(30)35-14-21(31)28-23-17(12-27)16-7-5-4-6-8-20(16)36-23/h3,9-10,13H,1,4-8,11,14H2,2H3,(H,28,31). The number of thiophene rings is 2. The fourth-order valence-electron chi connectivity index (χ4n) is 4.41. The largest absolute Gasteiger partial charge is 0.461 e. The van der Waals surface area contributed by atoms with Crippen LogP contribution in [0.3, 0.4) is 0 Å². The second-order valence-corrected chi connectivity index (χ2v) is 11.5. The smallest absolute Gasteiger partial charge is 0.263 e. The number of allylic oxidation sites excluding steroid dienone is 1. The topological polar surface area (TPSA) is 101 Å². The van der Waals surface area contributed by atoms with Crippen LogP contribution in [0.5, 0.6) is 0 Å². The van der Waals surface area contributed by atoms with Crippen molar-refractivity contribution in [3.8, 4) is 17.4 Å². The summed E-state index contributed by atoms with van der Waals surface area (Å²) in [5.41, 5.74) is 2.21. The number of nitriles is 1. The first-order valence-corrected chi connectivity index (χ1v) is 14.3. The summed E-state index contributed by atoms with van der Waals surface area (Å²) >= 11 is 4.09. The van der Waals surface area contributed by atoms with E-state index in [9.17, 15) is 14.9 Å². The molecule has 0 unspecified atom stereocenters. The molecular formula is C26H24N4O3S3. The second-order valence-electron chi connectivity index (χ2n) is 8.56. The summed E-state index contributed by atoms with van der Waals surface area (Å²) in [5.74, 6) is 1.23. The van der Waals surface area contributed by atoms with Crippen molar-refractivity contribution in [2.45, 2.75) is 50.7 Å². The van der Waals surface area contributed by atoms with Crippen molar-refractivity contribution in [1.29, 1.82) is 5.26 Å². The Morgan fingerprint density at radius 2 is 2.19 bits per heavy atom. The van der Waals surface area contributed by atoms with E-state index in [4.69, 9.17) is 9.40 Å². The highest BCUT2D eigenvalue weighted by molar-refractivity contribution is 7.99. The van der Waals surface area contributed by atoms with Crippen LogP contribution in [0.2, 0.25) is 0 Å². The van der Waals surface area contributed by atoms with E-state index < -0.39 is 0 Å². The summed E-state index contributed by atoms with van der Waals surface area (Å²) in [4.78, 5) is 32.8. The number of anilines is 1. The van der Waals surface area contributed by atoms with Gasteiger partial charge in [0.2, 0.25) is 5.91 Å². The van der Waals surface area contributed by atoms with E-state index in [-0.39, 0.29) is 23.8 Å². The highest BCUT2D eigenvalue weighted by Gasteiger charge is 2.22. The minimum Gasteiger partial charge on any atom is -0.461 e. The molecule has 4 aromatic rings. The molecule has 7 nitrogen and oxygen atoms in total. The van der Waals surface area contributed by atoms with Gasteiger partial charge in [0.05, 0.1) is 16.7 Å². The number of furan rings is 1. The molecule has 4 heterocycles. The monoisotopic (exact) mass is 536 g/mol. The first kappa shape index (κ1) is 24.6. The normalized spacial score (nSPS) is 13.2. The van der Waals surface area contributed by atoms with E-state index in [0.717, 1.165) is 37.0 Å². The van der Waals surface area contributed by atoms with Gasteiger partial charge in [-0.05, 0) is 50.3 Å². The Kier molecular flexibility index (Phi) is 7.14. The molecule has 36 heavy (non-hydrogen) atoms. The van der Waals surface area contributed by atoms with Crippen LogP contribution in [-0.4, -0.2) is 21.2 Å². The molecule has 0 aromatic carbocycles. The van der Waals surface area contributed by atoms with Gasteiger partial charge in [0.1, 0.15) is 27.4 Å². The number of nitrogens with one attached hydrogen (secondary N) is 1. The van der Waals surface area contributed by atoms with Crippen molar-refractivity contribution in [2.24, 2.45) is 0 Å². The minimum absolute atomic E-state index is 0.0676. The number of hydrogen-bond donors (Lipinski definition) is 1. The second kappa shape index (κ2) is 10.5. The molecule has 1 aliphatic rings. The predicted octanol–water partition coefficient (Wildman–Crippen LogP) is 6.15. The van der Waals surface area contributed by atoms with Crippen LogP contribution < -0.4 is 10.9 Å². The first-order chi connectivity index (χ1) is 17.5. The molecule has 1 aliphatic carbocycles. The van der Waals surface area contributed by atoms with Crippen molar-refractivity contribution in [3.05, 3.63) is 62.3 Å². The predicted molar refractivity (Wildman–Crippen MR) is 146 cm³/mol. The molecule has 0 saturated heterocycles. The first-order valence-electron chi connectivity index (χ1n) is 11.7. The van der Waals surface area contributed by atoms with Gasteiger partial charge >= 0.3 is 0 Å². The Labute approximate surface area is 220 Å². The summed E-state index contributed by atoms with van der Waals surface area (Å²) in [6.45, 7) is 5.91. The van der Waals surface area contributed by atoms with Crippen molar-refractivity contribution < 1.29 is 9.21 Å². The number of nitrogens with zero attached hydrogens (tertiary/aromatic N) is 3. The fraction of sp³-hybridized carbons (Fsp3) is 0.308. The number of carbonyl (C=O) groups is 1. The molecule has 4 aromatic heterocycles. The van der Waals surface area contributed by atoms with Crippen LogP contribution in [0.4, 0.5) is 5.00 Å². The zero-order chi connectivity index (χ0) is 25.2. The highest BCUT2D eigenvalue weighted by Crippen LogP contribution is 2.37. The molecule has 10 heteroatoms. The van der Waals surface area contributed by atoms with Crippen LogP contribution in [0.1, 0.15) is 41.0 Å². The third-order valence-corrected chi connectivity index (χ3v) is 9.15. The molecule has 184 valence electrons. The highest BCUT2D eigenvalue weighted by atomic mass is 32.2. The number of rotatable bonds is 7. The third-order valence-electron chi connectivity index (χ3n) is 6.09. The maximum absolute atomic E-state index is 13.5. The van der Waals surface area contributed by atoms with Crippen LogP contribution in [-0.2, 0) is 24.2 Å². The SMILES string of the molecule is C=CCn1c(SCC(=O)Nc2sc3c(c2C#N)CCCCC3)nc2scc(-c3ccc(C)o3)c2c1=O.